The lowest BCUT2D eigenvalue weighted by molar-refractivity contribution is -0.119. The highest BCUT2D eigenvalue weighted by Crippen LogP contribution is 2.20. The summed E-state index contributed by atoms with van der Waals surface area (Å²) >= 11 is 1.30. The number of hydrogen-bond acceptors (Lipinski definition) is 6. The van der Waals surface area contributed by atoms with E-state index in [0.29, 0.717) is 36.7 Å². The molecule has 1 aromatic carbocycles. The van der Waals surface area contributed by atoms with Crippen LogP contribution >= 0.6 is 11.3 Å². The number of nitrogens with zero attached hydrogens (tertiary/aromatic N) is 2. The van der Waals surface area contributed by atoms with Crippen molar-refractivity contribution in [3.05, 3.63) is 53.2 Å². The van der Waals surface area contributed by atoms with Crippen molar-refractivity contribution in [2.45, 2.75) is 13.5 Å². The molecule has 0 saturated carbocycles. The zero-order valence-electron chi connectivity index (χ0n) is 14.3. The minimum Gasteiger partial charge on any atom is -0.494 e. The van der Waals surface area contributed by atoms with Crippen molar-refractivity contribution in [3.8, 4) is 0 Å². The van der Waals surface area contributed by atoms with Crippen molar-refractivity contribution < 1.29 is 23.8 Å². The van der Waals surface area contributed by atoms with Gasteiger partial charge in [-0.15, -0.1) is 6.58 Å². The predicted octanol–water partition coefficient (Wildman–Crippen LogP) is 2.38. The lowest BCUT2D eigenvalue weighted by atomic mass is 10.2. The average molecular weight is 374 g/mol. The highest BCUT2D eigenvalue weighted by Gasteiger charge is 2.16. The van der Waals surface area contributed by atoms with Crippen LogP contribution in [-0.2, 0) is 25.5 Å². The monoisotopic (exact) mass is 374 g/mol. The fourth-order valence-corrected chi connectivity index (χ4v) is 3.50. The van der Waals surface area contributed by atoms with Gasteiger partial charge in [-0.1, -0.05) is 17.4 Å². The van der Waals surface area contributed by atoms with Crippen LogP contribution in [0.2, 0.25) is 0 Å². The molecule has 1 amide bonds. The molecule has 7 nitrogen and oxygen atoms in total. The van der Waals surface area contributed by atoms with E-state index >= 15 is 0 Å². The first kappa shape index (κ1) is 17.9. The Hall–Kier alpha value is -2.87. The summed E-state index contributed by atoms with van der Waals surface area (Å²) in [5.74, 6) is -0.823. The number of esters is 1. The maximum absolute atomic E-state index is 12.3. The summed E-state index contributed by atoms with van der Waals surface area (Å²) in [5, 5.41) is 0. The molecule has 0 bridgehead atoms. The van der Waals surface area contributed by atoms with E-state index in [-0.39, 0.29) is 11.7 Å². The third-order valence-electron chi connectivity index (χ3n) is 3.56. The molecular formula is C18H18N2O5S. The Labute approximate surface area is 153 Å². The molecule has 0 aliphatic carbocycles. The molecule has 2 aromatic rings. The molecule has 0 saturated heterocycles. The molecule has 0 N–H and O–H groups in total. The van der Waals surface area contributed by atoms with Gasteiger partial charge in [0.25, 0.3) is 0 Å². The Kier molecular flexibility index (Phi) is 5.52. The van der Waals surface area contributed by atoms with Crippen LogP contribution in [0.15, 0.2) is 47.9 Å². The number of hydrogen-bond donors (Lipinski definition) is 0. The number of allylic oxidation sites excluding steroid dienone is 1. The van der Waals surface area contributed by atoms with E-state index in [1.807, 2.05) is 10.6 Å². The molecule has 1 aliphatic rings. The van der Waals surface area contributed by atoms with E-state index in [4.69, 9.17) is 14.2 Å². The molecule has 0 unspecified atom stereocenters. The van der Waals surface area contributed by atoms with Gasteiger partial charge in [0.15, 0.2) is 4.80 Å². The SMILES string of the molecule is C=CCn1c(=NC(=O)C2=COCCO2)sc2cc(C(=O)OCC)ccc21. The molecule has 0 atom stereocenters. The molecule has 2 heterocycles. The van der Waals surface area contributed by atoms with Crippen LogP contribution in [-0.4, -0.2) is 36.3 Å². The van der Waals surface area contributed by atoms with Crippen LogP contribution in [0.25, 0.3) is 10.2 Å². The Morgan fingerprint density at radius 2 is 2.27 bits per heavy atom. The number of rotatable bonds is 5. The van der Waals surface area contributed by atoms with Gasteiger partial charge in [-0.05, 0) is 25.1 Å². The second-order valence-electron chi connectivity index (χ2n) is 5.31. The predicted molar refractivity (Wildman–Crippen MR) is 96.5 cm³/mol. The Balaban J connectivity index is 2.06. The minimum absolute atomic E-state index is 0.0751. The average Bonchev–Trinajstić information content (AvgIpc) is 2.99. The minimum atomic E-state index is -0.514. The maximum Gasteiger partial charge on any atom is 0.338 e. The van der Waals surface area contributed by atoms with Crippen LogP contribution in [0.5, 0.6) is 0 Å². The van der Waals surface area contributed by atoms with Crippen molar-refractivity contribution in [3.63, 3.8) is 0 Å². The molecule has 3 rings (SSSR count). The van der Waals surface area contributed by atoms with Gasteiger partial charge in [-0.25, -0.2) is 4.79 Å². The fourth-order valence-electron chi connectivity index (χ4n) is 2.43. The van der Waals surface area contributed by atoms with Gasteiger partial charge >= 0.3 is 11.9 Å². The van der Waals surface area contributed by atoms with Crippen LogP contribution in [0.4, 0.5) is 0 Å². The molecule has 0 radical (unpaired) electrons. The molecule has 1 aliphatic heterocycles. The van der Waals surface area contributed by atoms with E-state index in [2.05, 4.69) is 11.6 Å². The maximum atomic E-state index is 12.3. The molecule has 136 valence electrons. The first-order valence-electron chi connectivity index (χ1n) is 8.09. The Bertz CT molecular complexity index is 954. The number of thiazole rings is 1. The van der Waals surface area contributed by atoms with E-state index in [9.17, 15) is 9.59 Å². The van der Waals surface area contributed by atoms with E-state index in [0.717, 1.165) is 10.2 Å². The Morgan fingerprint density at radius 3 is 2.96 bits per heavy atom. The second kappa shape index (κ2) is 8.01. The summed E-state index contributed by atoms with van der Waals surface area (Å²) in [6.45, 7) is 7.01. The van der Waals surface area contributed by atoms with Gasteiger partial charge in [0.2, 0.25) is 5.76 Å². The number of amides is 1. The van der Waals surface area contributed by atoms with Crippen molar-refractivity contribution in [1.29, 1.82) is 0 Å². The normalized spacial score (nSPS) is 14.3. The lowest BCUT2D eigenvalue weighted by Gasteiger charge is -2.12. The van der Waals surface area contributed by atoms with Gasteiger partial charge in [-0.2, -0.15) is 4.99 Å². The number of aromatic nitrogens is 1. The second-order valence-corrected chi connectivity index (χ2v) is 6.31. The molecular weight excluding hydrogens is 356 g/mol. The van der Waals surface area contributed by atoms with Crippen molar-refractivity contribution in [2.24, 2.45) is 4.99 Å². The smallest absolute Gasteiger partial charge is 0.338 e. The van der Waals surface area contributed by atoms with Gasteiger partial charge in [0.05, 0.1) is 22.4 Å². The third kappa shape index (κ3) is 3.70. The van der Waals surface area contributed by atoms with Crippen LogP contribution in [0.1, 0.15) is 17.3 Å². The zero-order valence-corrected chi connectivity index (χ0v) is 15.1. The molecule has 26 heavy (non-hydrogen) atoms. The standard InChI is InChI=1S/C18H18N2O5S/c1-3-7-20-13-6-5-12(17(22)24-4-2)10-15(13)26-18(20)19-16(21)14-11-23-8-9-25-14/h3,5-6,10-11H,1,4,7-9H2,2H3. The summed E-state index contributed by atoms with van der Waals surface area (Å²) in [7, 11) is 0. The number of carbonyl (C=O) groups excluding carboxylic acids is 2. The Morgan fingerprint density at radius 1 is 1.42 bits per heavy atom. The number of ether oxygens (including phenoxy) is 3. The van der Waals surface area contributed by atoms with E-state index in [1.54, 1.807) is 25.1 Å². The van der Waals surface area contributed by atoms with Crippen molar-refractivity contribution in [2.75, 3.05) is 19.8 Å². The van der Waals surface area contributed by atoms with Crippen LogP contribution in [0.3, 0.4) is 0 Å². The highest BCUT2D eigenvalue weighted by atomic mass is 32.1. The topological polar surface area (TPSA) is 79.1 Å². The fraction of sp³-hybridized carbons (Fsp3) is 0.278. The van der Waals surface area contributed by atoms with E-state index in [1.165, 1.54) is 17.6 Å². The summed E-state index contributed by atoms with van der Waals surface area (Å²) in [6.07, 6.45) is 2.99. The number of benzene rings is 1. The summed E-state index contributed by atoms with van der Waals surface area (Å²) in [6, 6.07) is 5.24. The third-order valence-corrected chi connectivity index (χ3v) is 4.60. The molecule has 0 spiro atoms. The van der Waals surface area contributed by atoms with E-state index < -0.39 is 5.91 Å². The van der Waals surface area contributed by atoms with Crippen LogP contribution < -0.4 is 4.80 Å². The van der Waals surface area contributed by atoms with Crippen LogP contribution in [0, 0.1) is 0 Å². The number of carbonyl (C=O) groups is 2. The summed E-state index contributed by atoms with van der Waals surface area (Å²) < 4.78 is 18.1. The highest BCUT2D eigenvalue weighted by molar-refractivity contribution is 7.16. The lowest BCUT2D eigenvalue weighted by Crippen LogP contribution is -2.19. The van der Waals surface area contributed by atoms with Crippen molar-refractivity contribution >= 4 is 33.4 Å². The largest absolute Gasteiger partial charge is 0.494 e. The quantitative estimate of drug-likeness (QED) is 0.593. The van der Waals surface area contributed by atoms with Gasteiger partial charge < -0.3 is 18.8 Å². The van der Waals surface area contributed by atoms with Gasteiger partial charge in [-0.3, -0.25) is 4.79 Å². The first-order chi connectivity index (χ1) is 12.6. The molecule has 0 fully saturated rings. The van der Waals surface area contributed by atoms with Gasteiger partial charge in [0.1, 0.15) is 19.5 Å². The summed E-state index contributed by atoms with van der Waals surface area (Å²) in [5.41, 5.74) is 1.31. The van der Waals surface area contributed by atoms with Gasteiger partial charge in [0, 0.05) is 6.54 Å². The summed E-state index contributed by atoms with van der Waals surface area (Å²) in [4.78, 5) is 28.9. The number of fused-ring (bicyclic) bond motifs is 1. The zero-order chi connectivity index (χ0) is 18.5. The molecule has 8 heteroatoms. The van der Waals surface area contributed by atoms with Crippen molar-refractivity contribution in [1.82, 2.24) is 4.57 Å². The molecule has 1 aromatic heterocycles. The first-order valence-corrected chi connectivity index (χ1v) is 8.90.